The van der Waals surface area contributed by atoms with Gasteiger partial charge in [0.1, 0.15) is 36.3 Å². The number of carbonyl (C=O) groups excluding carboxylic acids is 10. The molecule has 0 aromatic heterocycles. The van der Waals surface area contributed by atoms with Gasteiger partial charge in [-0.1, -0.05) is 72.8 Å². The molecule has 464 valence electrons. The van der Waals surface area contributed by atoms with Crippen molar-refractivity contribution in [2.75, 3.05) is 52.4 Å². The minimum absolute atomic E-state index is 0.0289. The minimum atomic E-state index is -1.59. The molecule has 4 heterocycles. The van der Waals surface area contributed by atoms with Crippen LogP contribution < -0.4 is 43.4 Å². The molecule has 4 aliphatic heterocycles. The Morgan fingerprint density at radius 1 is 0.632 bits per heavy atom. The number of likely N-dealkylation sites (tertiary alicyclic amines) is 3. The molecule has 1 unspecified atom stereocenters. The fraction of sp³-hybridized carbons (Fsp3) is 0.448. The first-order chi connectivity index (χ1) is 41.8. The summed E-state index contributed by atoms with van der Waals surface area (Å²) in [6, 6.07) is 15.1. The lowest BCUT2D eigenvalue weighted by molar-refractivity contribution is -0.144. The average Bonchev–Trinajstić information content (AvgIpc) is 2.06. The second kappa shape index (κ2) is 30.8. The molecule has 7 rings (SSSR count). The molecule has 0 saturated carbocycles. The smallest absolute Gasteiger partial charge is 0.340 e. The molecule has 0 spiro atoms. The number of aliphatic hydroxyl groups is 1. The van der Waals surface area contributed by atoms with Crippen LogP contribution in [0, 0.1) is 16.7 Å². The van der Waals surface area contributed by atoms with Crippen LogP contribution >= 0.6 is 0 Å². The Labute approximate surface area is 500 Å². The van der Waals surface area contributed by atoms with E-state index in [2.05, 4.69) is 36.9 Å². The zero-order chi connectivity index (χ0) is 62.7. The van der Waals surface area contributed by atoms with E-state index in [1.807, 2.05) is 0 Å². The molecule has 3 saturated heterocycles. The van der Waals surface area contributed by atoms with E-state index in [9.17, 15) is 63.0 Å². The monoisotopic (exact) mass is 1200 g/mol. The summed E-state index contributed by atoms with van der Waals surface area (Å²) in [6.07, 6.45) is 3.06. The van der Waals surface area contributed by atoms with Crippen molar-refractivity contribution < 1.29 is 63.0 Å². The molecule has 4 aliphatic rings. The molecule has 14 N–H and O–H groups in total. The second-order valence-electron chi connectivity index (χ2n) is 21.4. The van der Waals surface area contributed by atoms with Crippen molar-refractivity contribution in [3.63, 3.8) is 0 Å². The van der Waals surface area contributed by atoms with E-state index in [1.54, 1.807) is 72.8 Å². The van der Waals surface area contributed by atoms with Crippen LogP contribution in [0.2, 0.25) is 0 Å². The molecule has 0 aliphatic carbocycles. The molecule has 11 amide bonds. The molecule has 29 nitrogen and oxygen atoms in total. The zero-order valence-electron chi connectivity index (χ0n) is 47.9. The predicted octanol–water partition coefficient (Wildman–Crippen LogP) is -1.45. The maximum absolute atomic E-state index is 14.5. The van der Waals surface area contributed by atoms with E-state index in [-0.39, 0.29) is 114 Å². The van der Waals surface area contributed by atoms with Gasteiger partial charge in [-0.2, -0.15) is 5.01 Å². The van der Waals surface area contributed by atoms with Gasteiger partial charge in [0.25, 0.3) is 17.7 Å². The zero-order valence-corrected chi connectivity index (χ0v) is 47.9. The highest BCUT2D eigenvalue weighted by molar-refractivity contribution is 6.21. The number of guanidine groups is 2. The van der Waals surface area contributed by atoms with E-state index in [0.717, 1.165) is 16.2 Å². The van der Waals surface area contributed by atoms with Gasteiger partial charge in [0.05, 0.1) is 30.2 Å². The lowest BCUT2D eigenvalue weighted by atomic mass is 9.99. The standard InChI is InChI=1S/C58H74N16O13/c59-56(60)63-24-9-20-40(55(85)86)67-48(78)41(31-36-16-5-2-6-17-36)68-50(80)44-22-11-26-70(44)53(83)42(34-75)69-47(77)37(30-35-14-3-1-4-15-35)32-65-46(76)33-66-49(79)43-21-10-27-71(43)54(84)45-23-12-28-72(45)58(87)73(29-13-25-64-57(61)62)74-51(81)38-18-7-8-19-39(38)52(74)82/h1-8,14-19,32,37,40-45,75H,9-13,20-31,33-34H2,(H,66,79)(H,67,78)(H,68,80)(H,69,77)(H,85,86)(H4,59,60,63)(H4,61,62,64)/b65-32-/t37?,40-,41-,42-,43-,44-,45-/m0/s1. The number of benzene rings is 3. The Bertz CT molecular complexity index is 3060. The lowest BCUT2D eigenvalue weighted by Gasteiger charge is -2.36. The molecule has 7 atom stereocenters. The highest BCUT2D eigenvalue weighted by Crippen LogP contribution is 2.30. The number of carbonyl (C=O) groups is 11. The van der Waals surface area contributed by atoms with E-state index >= 15 is 0 Å². The Kier molecular flexibility index (Phi) is 23.0. The molecule has 3 aromatic carbocycles. The van der Waals surface area contributed by atoms with E-state index in [0.29, 0.717) is 30.4 Å². The maximum atomic E-state index is 14.5. The Balaban J connectivity index is 0.973. The first-order valence-electron chi connectivity index (χ1n) is 28.8. The molecular weight excluding hydrogens is 1130 g/mol. The summed E-state index contributed by atoms with van der Waals surface area (Å²) >= 11 is 0. The van der Waals surface area contributed by atoms with Crippen molar-refractivity contribution in [1.29, 1.82) is 10.8 Å². The number of hydrogen-bond acceptors (Lipinski definition) is 14. The SMILES string of the molecule is N=C(N)NCCC[C@H](NC(=O)[C@H](Cc1ccccc1)NC(=O)[C@@H]1CCCN1C(=O)[C@H](CO)NC(=O)C(/C=N\C(=O)CNC(=O)[C@@H]1CCCN1C(=O)[C@@H]1CCCN1C(=O)N(CCCNC(=N)N)N1C(=O)c2ccccc2C1=O)Cc1ccccc1)C(=O)O. The number of fused-ring (bicyclic) bond motifs is 1. The summed E-state index contributed by atoms with van der Waals surface area (Å²) < 4.78 is 0. The first kappa shape index (κ1) is 64.8. The molecule has 3 aromatic rings. The van der Waals surface area contributed by atoms with Gasteiger partial charge in [-0.05, 0) is 87.5 Å². The number of aliphatic imine (C=N–C) groups is 1. The highest BCUT2D eigenvalue weighted by Gasteiger charge is 2.47. The number of aliphatic hydroxyl groups excluding tert-OH is 1. The molecule has 3 fully saturated rings. The third kappa shape index (κ3) is 17.0. The number of amides is 11. The second-order valence-corrected chi connectivity index (χ2v) is 21.4. The van der Waals surface area contributed by atoms with Crippen LogP contribution in [0.3, 0.4) is 0 Å². The van der Waals surface area contributed by atoms with Gasteiger partial charge in [0, 0.05) is 51.9 Å². The van der Waals surface area contributed by atoms with Crippen molar-refractivity contribution >= 4 is 83.3 Å². The third-order valence-corrected chi connectivity index (χ3v) is 15.3. The number of imide groups is 1. The average molecular weight is 1200 g/mol. The molecular formula is C58H74N16O13. The summed E-state index contributed by atoms with van der Waals surface area (Å²) in [7, 11) is 0. The van der Waals surface area contributed by atoms with Crippen molar-refractivity contribution in [3.8, 4) is 0 Å². The topological polar surface area (TPSA) is 429 Å². The van der Waals surface area contributed by atoms with Crippen LogP contribution in [-0.4, -0.2) is 207 Å². The van der Waals surface area contributed by atoms with Crippen molar-refractivity contribution in [3.05, 3.63) is 107 Å². The minimum Gasteiger partial charge on any atom is -0.480 e. The normalized spacial score (nSPS) is 18.5. The van der Waals surface area contributed by atoms with Gasteiger partial charge >= 0.3 is 12.0 Å². The summed E-state index contributed by atoms with van der Waals surface area (Å²) in [5.74, 6) is -9.93. The van der Waals surface area contributed by atoms with Crippen molar-refractivity contribution in [2.24, 2.45) is 22.4 Å². The molecule has 0 bridgehead atoms. The van der Waals surface area contributed by atoms with Crippen LogP contribution in [0.15, 0.2) is 89.9 Å². The summed E-state index contributed by atoms with van der Waals surface area (Å²) in [5.41, 5.74) is 12.2. The number of carboxylic acids is 1. The van der Waals surface area contributed by atoms with Crippen molar-refractivity contribution in [1.82, 2.24) is 56.6 Å². The number of hydrogen-bond donors (Lipinski definition) is 12. The van der Waals surface area contributed by atoms with Gasteiger partial charge in [-0.3, -0.25) is 54.0 Å². The van der Waals surface area contributed by atoms with E-state index in [4.69, 9.17) is 22.3 Å². The Morgan fingerprint density at radius 2 is 1.16 bits per heavy atom. The predicted molar refractivity (Wildman–Crippen MR) is 313 cm³/mol. The van der Waals surface area contributed by atoms with Crippen molar-refractivity contribution in [2.45, 2.75) is 107 Å². The number of nitrogens with zero attached hydrogens (tertiary/aromatic N) is 6. The number of carboxylic acid groups (broad SMARTS) is 1. The Morgan fingerprint density at radius 3 is 1.75 bits per heavy atom. The van der Waals surface area contributed by atoms with Gasteiger partial charge in [0.15, 0.2) is 11.9 Å². The van der Waals surface area contributed by atoms with E-state index in [1.165, 1.54) is 26.8 Å². The number of nitrogens with two attached hydrogens (primary N) is 2. The van der Waals surface area contributed by atoms with Gasteiger partial charge in [-0.25, -0.2) is 19.6 Å². The Hall–Kier alpha value is -9.80. The number of urea groups is 1. The lowest BCUT2D eigenvalue weighted by Crippen LogP contribution is -2.59. The van der Waals surface area contributed by atoms with Gasteiger partial charge < -0.3 is 68.3 Å². The van der Waals surface area contributed by atoms with Crippen LogP contribution in [0.1, 0.15) is 89.6 Å². The largest absolute Gasteiger partial charge is 0.480 e. The summed E-state index contributed by atoms with van der Waals surface area (Å²) in [4.78, 5) is 159. The summed E-state index contributed by atoms with van der Waals surface area (Å²) in [5, 5.41) is 52.5. The van der Waals surface area contributed by atoms with Crippen LogP contribution in [0.25, 0.3) is 0 Å². The number of aliphatic carboxylic acids is 1. The first-order valence-corrected chi connectivity index (χ1v) is 28.8. The van der Waals surface area contributed by atoms with Crippen LogP contribution in [0.4, 0.5) is 4.79 Å². The number of hydrazine groups is 1. The highest BCUT2D eigenvalue weighted by atomic mass is 16.4. The maximum Gasteiger partial charge on any atom is 0.340 e. The van der Waals surface area contributed by atoms with Crippen LogP contribution in [-0.2, 0) is 51.2 Å². The van der Waals surface area contributed by atoms with E-state index < -0.39 is 120 Å². The number of rotatable bonds is 27. The molecule has 87 heavy (non-hydrogen) atoms. The fourth-order valence-corrected chi connectivity index (χ4v) is 11.0. The fourth-order valence-electron chi connectivity index (χ4n) is 11.0. The number of nitrogens with one attached hydrogen (secondary N) is 8. The quantitative estimate of drug-likeness (QED) is 0.0180. The third-order valence-electron chi connectivity index (χ3n) is 15.3. The van der Waals surface area contributed by atoms with Gasteiger partial charge in [0.2, 0.25) is 35.4 Å². The van der Waals surface area contributed by atoms with Crippen LogP contribution in [0.5, 0.6) is 0 Å². The summed E-state index contributed by atoms with van der Waals surface area (Å²) in [6.45, 7) is -1.13. The van der Waals surface area contributed by atoms with Gasteiger partial charge in [-0.15, -0.1) is 0 Å². The molecule has 0 radical (unpaired) electrons. The molecule has 29 heteroatoms.